The molecular weight excluding hydrogens is 448 g/mol. The summed E-state index contributed by atoms with van der Waals surface area (Å²) in [6.45, 7) is 4.17. The number of aliphatic carboxylic acids is 1. The van der Waals surface area contributed by atoms with Gasteiger partial charge in [0, 0.05) is 13.0 Å². The van der Waals surface area contributed by atoms with Crippen molar-refractivity contribution in [2.45, 2.75) is 38.3 Å². The summed E-state index contributed by atoms with van der Waals surface area (Å²) in [6, 6.07) is 14.7. The fraction of sp³-hybridized carbons (Fsp3) is 0.444. The highest BCUT2D eigenvalue weighted by Crippen LogP contribution is 2.44. The van der Waals surface area contributed by atoms with Crippen LogP contribution >= 0.6 is 0 Å². The van der Waals surface area contributed by atoms with Gasteiger partial charge in [-0.25, -0.2) is 4.79 Å². The SMILES string of the molecule is CCC(C)C(NC(=O)OCC1c2ccccc2-c2ccccc21)C(=O)N(C)C1COCC1C(=O)O. The van der Waals surface area contributed by atoms with Gasteiger partial charge in [-0.05, 0) is 28.2 Å². The molecule has 1 fully saturated rings. The van der Waals surface area contributed by atoms with Crippen LogP contribution in [-0.2, 0) is 19.1 Å². The van der Waals surface area contributed by atoms with Crippen LogP contribution in [0.15, 0.2) is 48.5 Å². The summed E-state index contributed by atoms with van der Waals surface area (Å²) < 4.78 is 11.0. The first-order valence-corrected chi connectivity index (χ1v) is 12.0. The Hall–Kier alpha value is -3.39. The van der Waals surface area contributed by atoms with Gasteiger partial charge < -0.3 is 24.8 Å². The van der Waals surface area contributed by atoms with E-state index in [0.717, 1.165) is 22.3 Å². The van der Waals surface area contributed by atoms with Crippen molar-refractivity contribution >= 4 is 18.0 Å². The van der Waals surface area contributed by atoms with Crippen molar-refractivity contribution < 1.29 is 29.0 Å². The number of nitrogens with one attached hydrogen (secondary N) is 1. The maximum atomic E-state index is 13.3. The van der Waals surface area contributed by atoms with Gasteiger partial charge in [-0.15, -0.1) is 0 Å². The molecule has 2 aromatic rings. The highest BCUT2D eigenvalue weighted by atomic mass is 16.5. The molecular formula is C27H32N2O6. The van der Waals surface area contributed by atoms with Gasteiger partial charge in [-0.1, -0.05) is 68.8 Å². The predicted molar refractivity (Wildman–Crippen MR) is 130 cm³/mol. The zero-order chi connectivity index (χ0) is 25.1. The van der Waals surface area contributed by atoms with E-state index in [-0.39, 0.29) is 37.6 Å². The zero-order valence-corrected chi connectivity index (χ0v) is 20.3. The van der Waals surface area contributed by atoms with Gasteiger partial charge in [0.2, 0.25) is 5.91 Å². The van der Waals surface area contributed by atoms with Crippen molar-refractivity contribution in [3.63, 3.8) is 0 Å². The molecule has 8 nitrogen and oxygen atoms in total. The molecule has 0 bridgehead atoms. The van der Waals surface area contributed by atoms with Gasteiger partial charge in [0.25, 0.3) is 0 Å². The monoisotopic (exact) mass is 480 g/mol. The second-order valence-electron chi connectivity index (χ2n) is 9.33. The Labute approximate surface area is 205 Å². The number of alkyl carbamates (subject to hydrolysis) is 1. The predicted octanol–water partition coefficient (Wildman–Crippen LogP) is 3.50. The summed E-state index contributed by atoms with van der Waals surface area (Å²) in [6.07, 6.45) is -0.0198. The minimum Gasteiger partial charge on any atom is -0.481 e. The van der Waals surface area contributed by atoms with Crippen molar-refractivity contribution in [1.29, 1.82) is 0 Å². The highest BCUT2D eigenvalue weighted by Gasteiger charge is 2.41. The van der Waals surface area contributed by atoms with Crippen LogP contribution in [0.3, 0.4) is 0 Å². The summed E-state index contributed by atoms with van der Waals surface area (Å²) in [5.74, 6) is -2.40. The zero-order valence-electron chi connectivity index (χ0n) is 20.3. The van der Waals surface area contributed by atoms with Gasteiger partial charge in [-0.3, -0.25) is 9.59 Å². The lowest BCUT2D eigenvalue weighted by molar-refractivity contribution is -0.145. The van der Waals surface area contributed by atoms with Gasteiger partial charge in [0.05, 0.1) is 19.3 Å². The summed E-state index contributed by atoms with van der Waals surface area (Å²) in [7, 11) is 1.56. The number of benzene rings is 2. The number of carboxylic acids is 1. The smallest absolute Gasteiger partial charge is 0.407 e. The van der Waals surface area contributed by atoms with Crippen LogP contribution in [0.1, 0.15) is 37.3 Å². The highest BCUT2D eigenvalue weighted by molar-refractivity contribution is 5.87. The quantitative estimate of drug-likeness (QED) is 0.599. The number of carboxylic acid groups (broad SMARTS) is 1. The lowest BCUT2D eigenvalue weighted by Crippen LogP contribution is -2.55. The standard InChI is InChI=1S/C27H32N2O6/c1-4-16(2)24(25(30)29(3)23-15-34-13-22(23)26(31)32)28-27(33)35-14-21-19-11-7-5-9-17(19)18-10-6-8-12-20(18)21/h5-12,16,21-24H,4,13-15H2,1-3H3,(H,28,33)(H,31,32). The molecule has 2 aromatic carbocycles. The van der Waals surface area contributed by atoms with Gasteiger partial charge in [-0.2, -0.15) is 0 Å². The van der Waals surface area contributed by atoms with Gasteiger partial charge in [0.15, 0.2) is 0 Å². The van der Waals surface area contributed by atoms with Crippen LogP contribution in [0.25, 0.3) is 11.1 Å². The molecule has 0 saturated carbocycles. The van der Waals surface area contributed by atoms with Crippen molar-refractivity contribution in [1.82, 2.24) is 10.2 Å². The fourth-order valence-corrected chi connectivity index (χ4v) is 4.99. The summed E-state index contributed by atoms with van der Waals surface area (Å²) in [5, 5.41) is 12.2. The Morgan fingerprint density at radius 3 is 2.26 bits per heavy atom. The Morgan fingerprint density at radius 2 is 1.69 bits per heavy atom. The molecule has 1 heterocycles. The van der Waals surface area contributed by atoms with E-state index in [1.165, 1.54) is 4.90 Å². The van der Waals surface area contributed by atoms with Crippen LogP contribution in [0.4, 0.5) is 4.79 Å². The molecule has 2 aliphatic rings. The molecule has 1 aliphatic heterocycles. The third kappa shape index (κ3) is 4.89. The Kier molecular flexibility index (Phi) is 7.40. The number of nitrogens with zero attached hydrogens (tertiary/aromatic N) is 1. The number of likely N-dealkylation sites (N-methyl/N-ethyl adjacent to an activating group) is 1. The number of hydrogen-bond acceptors (Lipinski definition) is 5. The lowest BCUT2D eigenvalue weighted by Gasteiger charge is -2.32. The number of carbonyl (C=O) groups is 3. The van der Waals surface area contributed by atoms with E-state index in [1.807, 2.05) is 50.2 Å². The number of ether oxygens (including phenoxy) is 2. The molecule has 1 saturated heterocycles. The van der Waals surface area contributed by atoms with Crippen molar-refractivity contribution in [3.8, 4) is 11.1 Å². The van der Waals surface area contributed by atoms with E-state index in [2.05, 4.69) is 17.4 Å². The van der Waals surface area contributed by atoms with Crippen LogP contribution in [0.5, 0.6) is 0 Å². The summed E-state index contributed by atoms with van der Waals surface area (Å²) >= 11 is 0. The molecule has 186 valence electrons. The van der Waals surface area contributed by atoms with Crippen LogP contribution in [0.2, 0.25) is 0 Å². The van der Waals surface area contributed by atoms with E-state index in [4.69, 9.17) is 9.47 Å². The third-order valence-electron chi connectivity index (χ3n) is 7.31. The molecule has 0 spiro atoms. The van der Waals surface area contributed by atoms with Crippen molar-refractivity contribution in [3.05, 3.63) is 59.7 Å². The molecule has 2 amide bonds. The topological polar surface area (TPSA) is 105 Å². The molecule has 1 aliphatic carbocycles. The maximum absolute atomic E-state index is 13.3. The average Bonchev–Trinajstić information content (AvgIpc) is 3.48. The molecule has 4 unspecified atom stereocenters. The van der Waals surface area contributed by atoms with Crippen LogP contribution < -0.4 is 5.32 Å². The molecule has 2 N–H and O–H groups in total. The maximum Gasteiger partial charge on any atom is 0.407 e. The number of rotatable bonds is 8. The molecule has 35 heavy (non-hydrogen) atoms. The first kappa shape index (κ1) is 24.7. The third-order valence-corrected chi connectivity index (χ3v) is 7.31. The van der Waals surface area contributed by atoms with Crippen molar-refractivity contribution in [2.75, 3.05) is 26.9 Å². The number of hydrogen-bond donors (Lipinski definition) is 2. The van der Waals surface area contributed by atoms with E-state index in [9.17, 15) is 19.5 Å². The molecule has 8 heteroatoms. The minimum atomic E-state index is -1.00. The van der Waals surface area contributed by atoms with Crippen LogP contribution in [0, 0.1) is 11.8 Å². The average molecular weight is 481 g/mol. The van der Waals surface area contributed by atoms with Gasteiger partial charge in [0.1, 0.15) is 18.6 Å². The van der Waals surface area contributed by atoms with Crippen LogP contribution in [-0.4, -0.2) is 66.9 Å². The van der Waals surface area contributed by atoms with Crippen molar-refractivity contribution in [2.24, 2.45) is 11.8 Å². The van der Waals surface area contributed by atoms with E-state index in [1.54, 1.807) is 7.05 Å². The van der Waals surface area contributed by atoms with E-state index < -0.39 is 30.1 Å². The molecule has 4 rings (SSSR count). The molecule has 0 aromatic heterocycles. The number of amides is 2. The molecule has 4 atom stereocenters. The van der Waals surface area contributed by atoms with E-state index in [0.29, 0.717) is 6.42 Å². The molecule has 0 radical (unpaired) electrons. The van der Waals surface area contributed by atoms with Gasteiger partial charge >= 0.3 is 12.1 Å². The minimum absolute atomic E-state index is 0.0609. The first-order chi connectivity index (χ1) is 16.8. The summed E-state index contributed by atoms with van der Waals surface area (Å²) in [4.78, 5) is 39.1. The normalized spacial score (nSPS) is 20.4. The Bertz CT molecular complexity index is 1060. The Balaban J connectivity index is 1.44. The van der Waals surface area contributed by atoms with E-state index >= 15 is 0 Å². The Morgan fingerprint density at radius 1 is 1.09 bits per heavy atom. The lowest BCUT2D eigenvalue weighted by atomic mass is 9.96. The summed E-state index contributed by atoms with van der Waals surface area (Å²) in [5.41, 5.74) is 4.49. The number of carbonyl (C=O) groups excluding carboxylic acids is 2. The second-order valence-corrected chi connectivity index (χ2v) is 9.33. The largest absolute Gasteiger partial charge is 0.481 e. The second kappa shape index (κ2) is 10.5. The number of fused-ring (bicyclic) bond motifs is 3. The fourth-order valence-electron chi connectivity index (χ4n) is 4.99. The first-order valence-electron chi connectivity index (χ1n) is 12.0.